The standard InChI is InChI=1S/C18H24N2O3/c1-14-11-20(16(13-23-14)15-7-3-2-4-8-15)18(22)12-19-10-6-5-9-17(19)21/h2-4,7-8,14,16H,5-6,9-13H2,1H3/t14-,16-/m0/s1. The van der Waals surface area contributed by atoms with Crippen LogP contribution in [-0.4, -0.2) is 54.0 Å². The number of amides is 2. The highest BCUT2D eigenvalue weighted by molar-refractivity contribution is 5.85. The number of nitrogens with zero attached hydrogens (tertiary/aromatic N) is 2. The zero-order chi connectivity index (χ0) is 16.2. The number of ether oxygens (including phenoxy) is 1. The molecule has 2 heterocycles. The number of benzene rings is 1. The smallest absolute Gasteiger partial charge is 0.242 e. The zero-order valence-electron chi connectivity index (χ0n) is 13.6. The fraction of sp³-hybridized carbons (Fsp3) is 0.556. The molecule has 2 aliphatic rings. The molecule has 2 aliphatic heterocycles. The number of rotatable bonds is 3. The van der Waals surface area contributed by atoms with Crippen LogP contribution in [0.25, 0.3) is 0 Å². The summed E-state index contributed by atoms with van der Waals surface area (Å²) in [5.74, 6) is 0.117. The second kappa shape index (κ2) is 7.13. The number of morpholine rings is 1. The van der Waals surface area contributed by atoms with Crippen LogP contribution in [0.1, 0.15) is 37.8 Å². The average Bonchev–Trinajstić information content (AvgIpc) is 2.57. The van der Waals surface area contributed by atoms with Crippen molar-refractivity contribution in [2.24, 2.45) is 0 Å². The maximum absolute atomic E-state index is 12.8. The number of piperidine rings is 1. The minimum absolute atomic E-state index is 0.0178. The van der Waals surface area contributed by atoms with Gasteiger partial charge in [-0.05, 0) is 25.3 Å². The molecule has 2 atom stereocenters. The summed E-state index contributed by atoms with van der Waals surface area (Å²) in [7, 11) is 0. The van der Waals surface area contributed by atoms with Crippen LogP contribution >= 0.6 is 0 Å². The molecule has 1 aromatic carbocycles. The van der Waals surface area contributed by atoms with Gasteiger partial charge in [-0.25, -0.2) is 0 Å². The van der Waals surface area contributed by atoms with E-state index in [2.05, 4.69) is 0 Å². The van der Waals surface area contributed by atoms with Crippen molar-refractivity contribution in [1.29, 1.82) is 0 Å². The monoisotopic (exact) mass is 316 g/mol. The van der Waals surface area contributed by atoms with Crippen molar-refractivity contribution in [3.05, 3.63) is 35.9 Å². The minimum Gasteiger partial charge on any atom is -0.374 e. The van der Waals surface area contributed by atoms with Gasteiger partial charge >= 0.3 is 0 Å². The first-order valence-corrected chi connectivity index (χ1v) is 8.39. The predicted octanol–water partition coefficient (Wildman–Crippen LogP) is 1.99. The molecule has 2 saturated heterocycles. The summed E-state index contributed by atoms with van der Waals surface area (Å²) in [5.41, 5.74) is 1.08. The summed E-state index contributed by atoms with van der Waals surface area (Å²) >= 11 is 0. The van der Waals surface area contributed by atoms with Crippen LogP contribution in [-0.2, 0) is 14.3 Å². The molecule has 0 unspecified atom stereocenters. The van der Waals surface area contributed by atoms with E-state index in [1.54, 1.807) is 4.90 Å². The molecule has 2 fully saturated rings. The Morgan fingerprint density at radius 3 is 2.78 bits per heavy atom. The van der Waals surface area contributed by atoms with Gasteiger partial charge in [-0.2, -0.15) is 0 Å². The van der Waals surface area contributed by atoms with Crippen LogP contribution in [0, 0.1) is 0 Å². The minimum atomic E-state index is -0.0696. The summed E-state index contributed by atoms with van der Waals surface area (Å²) in [6, 6.07) is 9.90. The predicted molar refractivity (Wildman–Crippen MR) is 86.7 cm³/mol. The lowest BCUT2D eigenvalue weighted by Crippen LogP contribution is -2.51. The number of carbonyl (C=O) groups is 2. The van der Waals surface area contributed by atoms with Gasteiger partial charge in [0, 0.05) is 19.5 Å². The first-order valence-electron chi connectivity index (χ1n) is 8.39. The van der Waals surface area contributed by atoms with E-state index >= 15 is 0 Å². The van der Waals surface area contributed by atoms with Gasteiger partial charge in [0.25, 0.3) is 0 Å². The topological polar surface area (TPSA) is 49.9 Å². The van der Waals surface area contributed by atoms with Crippen LogP contribution in [0.3, 0.4) is 0 Å². The van der Waals surface area contributed by atoms with Crippen molar-refractivity contribution in [1.82, 2.24) is 9.80 Å². The van der Waals surface area contributed by atoms with Crippen molar-refractivity contribution in [3.63, 3.8) is 0 Å². The van der Waals surface area contributed by atoms with Crippen molar-refractivity contribution in [2.75, 3.05) is 26.2 Å². The molecule has 5 nitrogen and oxygen atoms in total. The molecule has 0 aromatic heterocycles. The molecule has 2 amide bonds. The lowest BCUT2D eigenvalue weighted by Gasteiger charge is -2.40. The maximum atomic E-state index is 12.8. The largest absolute Gasteiger partial charge is 0.374 e. The molecule has 1 aromatic rings. The van der Waals surface area contributed by atoms with Gasteiger partial charge in [0.1, 0.15) is 0 Å². The Bertz CT molecular complexity index is 561. The first kappa shape index (κ1) is 16.0. The Morgan fingerprint density at radius 1 is 1.26 bits per heavy atom. The second-order valence-corrected chi connectivity index (χ2v) is 6.39. The van der Waals surface area contributed by atoms with Gasteiger partial charge in [-0.15, -0.1) is 0 Å². The maximum Gasteiger partial charge on any atom is 0.242 e. The van der Waals surface area contributed by atoms with E-state index in [1.807, 2.05) is 42.2 Å². The molecular formula is C18H24N2O3. The summed E-state index contributed by atoms with van der Waals surface area (Å²) < 4.78 is 5.76. The van der Waals surface area contributed by atoms with Gasteiger partial charge in [0.05, 0.1) is 25.3 Å². The van der Waals surface area contributed by atoms with Crippen LogP contribution in [0.5, 0.6) is 0 Å². The Morgan fingerprint density at radius 2 is 2.04 bits per heavy atom. The number of carbonyl (C=O) groups excluding carboxylic acids is 2. The SMILES string of the molecule is C[C@H]1CN(C(=O)CN2CCCCC2=O)[C@H](c2ccccc2)CO1. The summed E-state index contributed by atoms with van der Waals surface area (Å²) in [6.07, 6.45) is 2.51. The molecule has 3 rings (SSSR count). The van der Waals surface area contributed by atoms with Gasteiger partial charge in [-0.3, -0.25) is 9.59 Å². The van der Waals surface area contributed by atoms with Gasteiger partial charge < -0.3 is 14.5 Å². The van der Waals surface area contributed by atoms with E-state index in [9.17, 15) is 9.59 Å². The van der Waals surface area contributed by atoms with Crippen LogP contribution < -0.4 is 0 Å². The van der Waals surface area contributed by atoms with E-state index < -0.39 is 0 Å². The van der Waals surface area contributed by atoms with Gasteiger partial charge in [0.2, 0.25) is 11.8 Å². The third-order valence-electron chi connectivity index (χ3n) is 4.62. The number of hydrogen-bond donors (Lipinski definition) is 0. The molecule has 5 heteroatoms. The lowest BCUT2D eigenvalue weighted by atomic mass is 10.0. The highest BCUT2D eigenvalue weighted by Crippen LogP contribution is 2.26. The number of likely N-dealkylation sites (tertiary alicyclic amines) is 1. The van der Waals surface area contributed by atoms with Crippen LogP contribution in [0.15, 0.2) is 30.3 Å². The normalized spacial score (nSPS) is 25.5. The fourth-order valence-corrected chi connectivity index (χ4v) is 3.31. The summed E-state index contributed by atoms with van der Waals surface area (Å²) in [4.78, 5) is 28.4. The van der Waals surface area contributed by atoms with Crippen molar-refractivity contribution in [2.45, 2.75) is 38.3 Å². The molecule has 23 heavy (non-hydrogen) atoms. The van der Waals surface area contributed by atoms with Crippen molar-refractivity contribution in [3.8, 4) is 0 Å². The molecule has 0 saturated carbocycles. The molecule has 0 N–H and O–H groups in total. The molecule has 124 valence electrons. The molecule has 0 aliphatic carbocycles. The summed E-state index contributed by atoms with van der Waals surface area (Å²) in [6.45, 7) is 3.94. The van der Waals surface area contributed by atoms with E-state index in [4.69, 9.17) is 4.74 Å². The van der Waals surface area contributed by atoms with E-state index in [1.165, 1.54) is 0 Å². The molecule has 0 bridgehead atoms. The fourth-order valence-electron chi connectivity index (χ4n) is 3.31. The van der Waals surface area contributed by atoms with Gasteiger partial charge in [-0.1, -0.05) is 30.3 Å². The third-order valence-corrected chi connectivity index (χ3v) is 4.62. The van der Waals surface area contributed by atoms with E-state index in [0.717, 1.165) is 18.4 Å². The third kappa shape index (κ3) is 3.72. The Hall–Kier alpha value is -1.88. The number of hydrogen-bond acceptors (Lipinski definition) is 3. The molecule has 0 spiro atoms. The van der Waals surface area contributed by atoms with Crippen LogP contribution in [0.2, 0.25) is 0 Å². The van der Waals surface area contributed by atoms with Crippen molar-refractivity contribution >= 4 is 11.8 Å². The van der Waals surface area contributed by atoms with E-state index in [-0.39, 0.29) is 30.5 Å². The first-order chi connectivity index (χ1) is 11.1. The lowest BCUT2D eigenvalue weighted by molar-refractivity contribution is -0.150. The second-order valence-electron chi connectivity index (χ2n) is 6.39. The zero-order valence-corrected chi connectivity index (χ0v) is 13.6. The quantitative estimate of drug-likeness (QED) is 0.857. The molecule has 0 radical (unpaired) electrons. The van der Waals surface area contributed by atoms with Crippen molar-refractivity contribution < 1.29 is 14.3 Å². The average molecular weight is 316 g/mol. The highest BCUT2D eigenvalue weighted by atomic mass is 16.5. The summed E-state index contributed by atoms with van der Waals surface area (Å²) in [5, 5.41) is 0. The van der Waals surface area contributed by atoms with E-state index in [0.29, 0.717) is 26.1 Å². The van der Waals surface area contributed by atoms with Gasteiger partial charge in [0.15, 0.2) is 0 Å². The Kier molecular flexibility index (Phi) is 4.96. The highest BCUT2D eigenvalue weighted by Gasteiger charge is 2.33. The Balaban J connectivity index is 1.73. The van der Waals surface area contributed by atoms with Crippen LogP contribution in [0.4, 0.5) is 0 Å². The Labute approximate surface area is 137 Å². The molecular weight excluding hydrogens is 292 g/mol.